The molecule has 7 nitrogen and oxygen atoms in total. The van der Waals surface area contributed by atoms with Crippen LogP contribution >= 0.6 is 23.1 Å². The lowest BCUT2D eigenvalue weighted by atomic mass is 10.3. The van der Waals surface area contributed by atoms with Crippen molar-refractivity contribution in [3.8, 4) is 5.69 Å². The van der Waals surface area contributed by atoms with E-state index in [1.165, 1.54) is 23.1 Å². The van der Waals surface area contributed by atoms with E-state index in [9.17, 15) is 4.79 Å². The predicted octanol–water partition coefficient (Wildman–Crippen LogP) is 3.89. The van der Waals surface area contributed by atoms with Crippen molar-refractivity contribution in [1.29, 1.82) is 0 Å². The highest BCUT2D eigenvalue weighted by Crippen LogP contribution is 2.27. The molecule has 1 amide bonds. The minimum absolute atomic E-state index is 0.0904. The maximum absolute atomic E-state index is 12.4. The van der Waals surface area contributed by atoms with E-state index in [1.807, 2.05) is 62.7 Å². The van der Waals surface area contributed by atoms with Crippen LogP contribution in [0.4, 0.5) is 10.8 Å². The molecule has 27 heavy (non-hydrogen) atoms. The van der Waals surface area contributed by atoms with Crippen LogP contribution in [0, 0.1) is 13.8 Å². The molecule has 0 spiro atoms. The van der Waals surface area contributed by atoms with Gasteiger partial charge in [0.25, 0.3) is 0 Å². The predicted molar refractivity (Wildman–Crippen MR) is 111 cm³/mol. The Bertz CT molecular complexity index is 919. The Morgan fingerprint density at radius 1 is 1.22 bits per heavy atom. The van der Waals surface area contributed by atoms with Crippen LogP contribution in [0.1, 0.15) is 25.2 Å². The number of nitrogens with zero attached hydrogens (tertiary/aromatic N) is 4. The summed E-state index contributed by atoms with van der Waals surface area (Å²) in [5, 5.41) is 19.7. The molecular formula is C18H22N6OS2. The first kappa shape index (κ1) is 19.4. The van der Waals surface area contributed by atoms with E-state index in [0.717, 1.165) is 32.2 Å². The van der Waals surface area contributed by atoms with Crippen molar-refractivity contribution in [3.05, 3.63) is 41.7 Å². The number of amides is 1. The second kappa shape index (κ2) is 8.53. The number of thioether (sulfide) groups is 1. The smallest absolute Gasteiger partial charge is 0.234 e. The molecule has 0 atom stereocenters. The maximum Gasteiger partial charge on any atom is 0.234 e. The van der Waals surface area contributed by atoms with Gasteiger partial charge in [-0.3, -0.25) is 4.79 Å². The van der Waals surface area contributed by atoms with E-state index in [1.54, 1.807) is 0 Å². The van der Waals surface area contributed by atoms with Gasteiger partial charge in [0, 0.05) is 6.04 Å². The molecule has 0 aliphatic rings. The normalized spacial score (nSPS) is 11.0. The summed E-state index contributed by atoms with van der Waals surface area (Å²) in [6.07, 6.45) is 0. The van der Waals surface area contributed by atoms with Crippen molar-refractivity contribution in [2.75, 3.05) is 16.4 Å². The van der Waals surface area contributed by atoms with Crippen molar-refractivity contribution in [3.63, 3.8) is 0 Å². The standard InChI is InChI=1S/C18H22N6OS2/c1-11(2)19-17-21-22-18(27-17)26-10-15(25)20-16-12(3)23-24(13(16)4)14-8-6-5-7-9-14/h5-9,11H,10H2,1-4H3,(H,19,21)(H,20,25). The third-order valence-corrected chi connectivity index (χ3v) is 5.69. The molecule has 0 aliphatic heterocycles. The van der Waals surface area contributed by atoms with Gasteiger partial charge in [0.05, 0.1) is 28.5 Å². The number of anilines is 2. The third kappa shape index (κ3) is 4.86. The Kier molecular flexibility index (Phi) is 6.12. The van der Waals surface area contributed by atoms with E-state index in [0.29, 0.717) is 6.04 Å². The SMILES string of the molecule is Cc1nn(-c2ccccc2)c(C)c1NC(=O)CSc1nnc(NC(C)C)s1. The van der Waals surface area contributed by atoms with Crippen molar-refractivity contribution >= 4 is 39.8 Å². The number of para-hydroxylation sites is 1. The molecule has 0 fully saturated rings. The summed E-state index contributed by atoms with van der Waals surface area (Å²) in [5.41, 5.74) is 3.40. The molecule has 142 valence electrons. The highest BCUT2D eigenvalue weighted by atomic mass is 32.2. The van der Waals surface area contributed by atoms with Crippen molar-refractivity contribution < 1.29 is 4.79 Å². The monoisotopic (exact) mass is 402 g/mol. The van der Waals surface area contributed by atoms with E-state index < -0.39 is 0 Å². The van der Waals surface area contributed by atoms with E-state index in [-0.39, 0.29) is 11.7 Å². The number of hydrogen-bond acceptors (Lipinski definition) is 7. The summed E-state index contributed by atoms with van der Waals surface area (Å²) < 4.78 is 2.61. The van der Waals surface area contributed by atoms with Crippen molar-refractivity contribution in [2.24, 2.45) is 0 Å². The molecule has 0 unspecified atom stereocenters. The van der Waals surface area contributed by atoms with E-state index in [4.69, 9.17) is 0 Å². The second-order valence-corrected chi connectivity index (χ2v) is 8.50. The van der Waals surface area contributed by atoms with Gasteiger partial charge in [0.2, 0.25) is 11.0 Å². The summed E-state index contributed by atoms with van der Waals surface area (Å²) in [6.45, 7) is 7.93. The van der Waals surface area contributed by atoms with Gasteiger partial charge in [-0.1, -0.05) is 41.3 Å². The van der Waals surface area contributed by atoms with Crippen LogP contribution in [0.5, 0.6) is 0 Å². The van der Waals surface area contributed by atoms with Crippen LogP contribution in [-0.4, -0.2) is 37.7 Å². The lowest BCUT2D eigenvalue weighted by Crippen LogP contribution is -2.15. The van der Waals surface area contributed by atoms with Crippen LogP contribution < -0.4 is 10.6 Å². The molecule has 0 radical (unpaired) electrons. The largest absolute Gasteiger partial charge is 0.358 e. The molecule has 2 N–H and O–H groups in total. The van der Waals surface area contributed by atoms with Crippen LogP contribution in [-0.2, 0) is 4.79 Å². The van der Waals surface area contributed by atoms with Gasteiger partial charge < -0.3 is 10.6 Å². The molecule has 0 saturated heterocycles. The molecule has 0 aliphatic carbocycles. The van der Waals surface area contributed by atoms with Gasteiger partial charge in [-0.25, -0.2) is 4.68 Å². The number of benzene rings is 1. The average Bonchev–Trinajstić information content (AvgIpc) is 3.19. The molecule has 2 heterocycles. The van der Waals surface area contributed by atoms with E-state index in [2.05, 4.69) is 25.9 Å². The van der Waals surface area contributed by atoms with Gasteiger partial charge in [-0.05, 0) is 39.8 Å². The summed E-state index contributed by atoms with van der Waals surface area (Å²) >= 11 is 2.83. The first-order chi connectivity index (χ1) is 12.9. The Labute approximate surface area is 166 Å². The van der Waals surface area contributed by atoms with E-state index >= 15 is 0 Å². The summed E-state index contributed by atoms with van der Waals surface area (Å²) in [7, 11) is 0. The van der Waals surface area contributed by atoms with Gasteiger partial charge in [0.15, 0.2) is 4.34 Å². The average molecular weight is 403 g/mol. The topological polar surface area (TPSA) is 84.7 Å². The van der Waals surface area contributed by atoms with Crippen LogP contribution in [0.2, 0.25) is 0 Å². The summed E-state index contributed by atoms with van der Waals surface area (Å²) in [5.74, 6) is 0.179. The Morgan fingerprint density at radius 2 is 1.96 bits per heavy atom. The first-order valence-electron chi connectivity index (χ1n) is 8.58. The lowest BCUT2D eigenvalue weighted by molar-refractivity contribution is -0.113. The molecular weight excluding hydrogens is 380 g/mol. The zero-order valence-electron chi connectivity index (χ0n) is 15.7. The Balaban J connectivity index is 1.63. The van der Waals surface area contributed by atoms with Crippen molar-refractivity contribution in [1.82, 2.24) is 20.0 Å². The fraction of sp³-hybridized carbons (Fsp3) is 0.333. The van der Waals surface area contributed by atoms with Crippen LogP contribution in [0.25, 0.3) is 5.69 Å². The summed E-state index contributed by atoms with van der Waals surface area (Å²) in [6, 6.07) is 10.2. The minimum Gasteiger partial charge on any atom is -0.358 e. The fourth-order valence-electron chi connectivity index (χ4n) is 2.52. The third-order valence-electron chi connectivity index (χ3n) is 3.70. The number of carbonyl (C=O) groups excluding carboxylic acids is 1. The number of aromatic nitrogens is 4. The molecule has 9 heteroatoms. The lowest BCUT2D eigenvalue weighted by Gasteiger charge is -2.06. The van der Waals surface area contributed by atoms with Crippen LogP contribution in [0.3, 0.4) is 0 Å². The van der Waals surface area contributed by atoms with Gasteiger partial charge in [0.1, 0.15) is 0 Å². The number of carbonyl (C=O) groups is 1. The van der Waals surface area contributed by atoms with Crippen molar-refractivity contribution in [2.45, 2.75) is 38.1 Å². The first-order valence-corrected chi connectivity index (χ1v) is 10.4. The molecule has 0 bridgehead atoms. The Morgan fingerprint density at radius 3 is 2.67 bits per heavy atom. The Hall–Kier alpha value is -2.39. The van der Waals surface area contributed by atoms with Gasteiger partial charge in [-0.2, -0.15) is 5.10 Å². The van der Waals surface area contributed by atoms with Gasteiger partial charge in [-0.15, -0.1) is 10.2 Å². The highest BCUT2D eigenvalue weighted by molar-refractivity contribution is 8.01. The summed E-state index contributed by atoms with van der Waals surface area (Å²) in [4.78, 5) is 12.4. The number of rotatable bonds is 7. The minimum atomic E-state index is -0.0904. The molecule has 1 aromatic carbocycles. The van der Waals surface area contributed by atoms with Crippen LogP contribution in [0.15, 0.2) is 34.7 Å². The quantitative estimate of drug-likeness (QED) is 0.583. The molecule has 3 aromatic rings. The number of nitrogens with one attached hydrogen (secondary N) is 2. The second-order valence-electron chi connectivity index (χ2n) is 6.30. The molecule has 2 aromatic heterocycles. The number of aryl methyl sites for hydroxylation is 1. The zero-order valence-corrected chi connectivity index (χ0v) is 17.3. The molecule has 0 saturated carbocycles. The fourth-order valence-corrected chi connectivity index (χ4v) is 4.22. The zero-order chi connectivity index (χ0) is 19.4. The molecule has 3 rings (SSSR count). The maximum atomic E-state index is 12.4. The highest BCUT2D eigenvalue weighted by Gasteiger charge is 2.16. The number of hydrogen-bond donors (Lipinski definition) is 2. The van der Waals surface area contributed by atoms with Gasteiger partial charge >= 0.3 is 0 Å².